The number of hydrogen-bond donors (Lipinski definition) is 2. The highest BCUT2D eigenvalue weighted by Crippen LogP contribution is 2.36. The number of carbonyl (C=O) groups excluding carboxylic acids is 1. The van der Waals surface area contributed by atoms with Gasteiger partial charge in [0.05, 0.1) is 11.9 Å². The van der Waals surface area contributed by atoms with Crippen LogP contribution in [0.1, 0.15) is 21.5 Å². The van der Waals surface area contributed by atoms with E-state index >= 15 is 0 Å². The minimum Gasteiger partial charge on any atom is -0.298 e. The normalized spacial score (nSPS) is 11.3. The van der Waals surface area contributed by atoms with Crippen LogP contribution in [0.2, 0.25) is 0 Å². The Morgan fingerprint density at radius 1 is 0.971 bits per heavy atom. The Kier molecular flexibility index (Phi) is 7.01. The third kappa shape index (κ3) is 6.02. The van der Waals surface area contributed by atoms with Crippen molar-refractivity contribution in [3.8, 4) is 11.3 Å². The average Bonchev–Trinajstić information content (AvgIpc) is 3.22. The first-order valence-electron chi connectivity index (χ1n) is 10.2. The van der Waals surface area contributed by atoms with E-state index < -0.39 is 10.0 Å². The monoisotopic (exact) mass is 510 g/mol. The number of nitrogens with zero attached hydrogens (tertiary/aromatic N) is 2. The summed E-state index contributed by atoms with van der Waals surface area (Å²) in [5, 5.41) is 5.32. The van der Waals surface area contributed by atoms with E-state index in [2.05, 4.69) is 32.1 Å². The van der Waals surface area contributed by atoms with Crippen molar-refractivity contribution in [1.29, 1.82) is 0 Å². The Labute approximate surface area is 206 Å². The molecule has 0 saturated heterocycles. The summed E-state index contributed by atoms with van der Waals surface area (Å²) in [7, 11) is -3.30. The fourth-order valence-electron chi connectivity index (χ4n) is 3.45. The van der Waals surface area contributed by atoms with Gasteiger partial charge in [0, 0.05) is 44.4 Å². The molecule has 0 bridgehead atoms. The zero-order valence-corrected chi connectivity index (χ0v) is 21.1. The maximum atomic E-state index is 12.4. The molecule has 0 spiro atoms. The summed E-state index contributed by atoms with van der Waals surface area (Å²) in [6.45, 7) is 4.08. The molecule has 174 valence electrons. The van der Waals surface area contributed by atoms with Crippen LogP contribution < -0.4 is 10.0 Å². The first-order chi connectivity index (χ1) is 16.2. The van der Waals surface area contributed by atoms with Gasteiger partial charge in [0.15, 0.2) is 5.13 Å². The molecule has 2 heterocycles. The Bertz CT molecular complexity index is 1410. The molecule has 0 unspecified atom stereocenters. The second-order valence-corrected chi connectivity index (χ2v) is 11.4. The van der Waals surface area contributed by atoms with Crippen LogP contribution in [-0.4, -0.2) is 30.5 Å². The van der Waals surface area contributed by atoms with Crippen molar-refractivity contribution in [2.24, 2.45) is 0 Å². The summed E-state index contributed by atoms with van der Waals surface area (Å²) < 4.78 is 25.2. The van der Waals surface area contributed by atoms with E-state index in [-0.39, 0.29) is 5.91 Å². The number of anilines is 2. The summed E-state index contributed by atoms with van der Waals surface area (Å²) >= 11 is 2.98. The number of thiazole rings is 1. The summed E-state index contributed by atoms with van der Waals surface area (Å²) in [5.74, 6) is -0.221. The Morgan fingerprint density at radius 2 is 1.62 bits per heavy atom. The van der Waals surface area contributed by atoms with Gasteiger partial charge in [0.2, 0.25) is 10.0 Å². The van der Waals surface area contributed by atoms with E-state index in [0.29, 0.717) is 16.4 Å². The number of amides is 1. The first kappa shape index (κ1) is 23.9. The number of nitrogens with one attached hydrogen (secondary N) is 2. The van der Waals surface area contributed by atoms with Crippen LogP contribution in [0.4, 0.5) is 10.8 Å². The standard InChI is InChI=1S/C24H22N4O3S3/c1-15-12-20(33-19-6-4-18(5-7-19)28-34(3,30)31)13-16(2)22(15)21-14-32-24(26-21)27-23(29)17-8-10-25-11-9-17/h4-14,28H,1-3H3,(H,26,27,29). The molecule has 2 aromatic heterocycles. The van der Waals surface area contributed by atoms with Crippen LogP contribution >= 0.6 is 23.1 Å². The zero-order chi connectivity index (χ0) is 24.3. The van der Waals surface area contributed by atoms with Crippen molar-refractivity contribution in [2.75, 3.05) is 16.3 Å². The smallest absolute Gasteiger partial charge is 0.257 e. The predicted molar refractivity (Wildman–Crippen MR) is 138 cm³/mol. The van der Waals surface area contributed by atoms with E-state index in [1.54, 1.807) is 48.4 Å². The van der Waals surface area contributed by atoms with Gasteiger partial charge in [-0.25, -0.2) is 13.4 Å². The van der Waals surface area contributed by atoms with Gasteiger partial charge in [0.1, 0.15) is 0 Å². The van der Waals surface area contributed by atoms with Gasteiger partial charge in [0.25, 0.3) is 5.91 Å². The molecular formula is C24H22N4O3S3. The lowest BCUT2D eigenvalue weighted by Crippen LogP contribution is -2.11. The van der Waals surface area contributed by atoms with Crippen LogP contribution in [-0.2, 0) is 10.0 Å². The molecule has 10 heteroatoms. The van der Waals surface area contributed by atoms with Crippen molar-refractivity contribution in [2.45, 2.75) is 23.6 Å². The van der Waals surface area contributed by atoms with E-state index in [4.69, 9.17) is 0 Å². The van der Waals surface area contributed by atoms with Crippen molar-refractivity contribution in [1.82, 2.24) is 9.97 Å². The predicted octanol–water partition coefficient (Wildman–Crippen LogP) is 5.60. The van der Waals surface area contributed by atoms with Crippen molar-refractivity contribution >= 4 is 49.8 Å². The minimum atomic E-state index is -3.30. The molecule has 0 radical (unpaired) electrons. The lowest BCUT2D eigenvalue weighted by molar-refractivity contribution is 0.102. The van der Waals surface area contributed by atoms with Gasteiger partial charge < -0.3 is 0 Å². The number of rotatable bonds is 7. The highest BCUT2D eigenvalue weighted by Gasteiger charge is 2.14. The summed E-state index contributed by atoms with van der Waals surface area (Å²) in [5.41, 5.74) is 5.08. The molecule has 0 aliphatic carbocycles. The van der Waals surface area contributed by atoms with Crippen molar-refractivity contribution in [3.63, 3.8) is 0 Å². The number of benzene rings is 2. The van der Waals surface area contributed by atoms with Crippen molar-refractivity contribution in [3.05, 3.63) is 83.0 Å². The van der Waals surface area contributed by atoms with Crippen molar-refractivity contribution < 1.29 is 13.2 Å². The maximum Gasteiger partial charge on any atom is 0.257 e. The van der Waals surface area contributed by atoms with E-state index in [9.17, 15) is 13.2 Å². The van der Waals surface area contributed by atoms with Crippen LogP contribution in [0.25, 0.3) is 11.3 Å². The highest BCUT2D eigenvalue weighted by molar-refractivity contribution is 7.99. The quantitative estimate of drug-likeness (QED) is 0.336. The molecule has 0 aliphatic heterocycles. The lowest BCUT2D eigenvalue weighted by Gasteiger charge is -2.11. The number of hydrogen-bond acceptors (Lipinski definition) is 7. The van der Waals surface area contributed by atoms with Gasteiger partial charge in [-0.2, -0.15) is 0 Å². The first-order valence-corrected chi connectivity index (χ1v) is 13.8. The third-order valence-corrected chi connectivity index (χ3v) is 7.17. The lowest BCUT2D eigenvalue weighted by atomic mass is 10.0. The third-order valence-electron chi connectivity index (χ3n) is 4.82. The number of pyridine rings is 1. The summed E-state index contributed by atoms with van der Waals surface area (Å²) in [4.78, 5) is 23.0. The van der Waals surface area contributed by atoms with E-state index in [0.717, 1.165) is 38.4 Å². The Morgan fingerprint density at radius 3 is 2.24 bits per heavy atom. The summed E-state index contributed by atoms with van der Waals surface area (Å²) in [6.07, 6.45) is 4.29. The topological polar surface area (TPSA) is 101 Å². The molecular weight excluding hydrogens is 488 g/mol. The largest absolute Gasteiger partial charge is 0.298 e. The van der Waals surface area contributed by atoms with Gasteiger partial charge in [-0.05, 0) is 73.5 Å². The summed E-state index contributed by atoms with van der Waals surface area (Å²) in [6, 6.07) is 14.8. The number of carbonyl (C=O) groups is 1. The van der Waals surface area contributed by atoms with Crippen LogP contribution in [0.3, 0.4) is 0 Å². The molecule has 0 saturated carbocycles. The van der Waals surface area contributed by atoms with E-state index in [1.807, 2.05) is 31.4 Å². The number of aromatic nitrogens is 2. The number of aryl methyl sites for hydroxylation is 2. The average molecular weight is 511 g/mol. The van der Waals surface area contributed by atoms with Gasteiger partial charge in [-0.1, -0.05) is 11.8 Å². The fraction of sp³-hybridized carbons (Fsp3) is 0.125. The van der Waals surface area contributed by atoms with Gasteiger partial charge in [-0.15, -0.1) is 11.3 Å². The fourth-order valence-corrected chi connectivity index (χ4v) is 5.72. The minimum absolute atomic E-state index is 0.221. The molecule has 2 N–H and O–H groups in total. The maximum absolute atomic E-state index is 12.4. The second kappa shape index (κ2) is 9.96. The molecule has 4 aromatic rings. The highest BCUT2D eigenvalue weighted by atomic mass is 32.2. The van der Waals surface area contributed by atoms with Gasteiger partial charge >= 0.3 is 0 Å². The Balaban J connectivity index is 1.49. The molecule has 2 aromatic carbocycles. The van der Waals surface area contributed by atoms with Gasteiger partial charge in [-0.3, -0.25) is 19.8 Å². The van der Waals surface area contributed by atoms with Crippen LogP contribution in [0.5, 0.6) is 0 Å². The molecule has 4 rings (SSSR count). The molecule has 34 heavy (non-hydrogen) atoms. The molecule has 1 amide bonds. The molecule has 0 atom stereocenters. The molecule has 7 nitrogen and oxygen atoms in total. The number of sulfonamides is 1. The second-order valence-electron chi connectivity index (χ2n) is 7.66. The zero-order valence-electron chi connectivity index (χ0n) is 18.7. The molecule has 0 fully saturated rings. The van der Waals surface area contributed by atoms with Crippen LogP contribution in [0, 0.1) is 13.8 Å². The molecule has 0 aliphatic rings. The Hall–Kier alpha value is -3.21. The van der Waals surface area contributed by atoms with E-state index in [1.165, 1.54) is 11.3 Å². The SMILES string of the molecule is Cc1cc(Sc2ccc(NS(C)(=O)=O)cc2)cc(C)c1-c1csc(NC(=O)c2ccncc2)n1. The van der Waals surface area contributed by atoms with Crippen LogP contribution in [0.15, 0.2) is 76.1 Å².